The Kier molecular flexibility index (Phi) is 5.58. The summed E-state index contributed by atoms with van der Waals surface area (Å²) in [7, 11) is 0. The third kappa shape index (κ3) is 4.60. The van der Waals surface area contributed by atoms with Crippen LogP contribution in [0.1, 0.15) is 28.4 Å². The van der Waals surface area contributed by atoms with Crippen molar-refractivity contribution >= 4 is 23.3 Å². The molecule has 2 N–H and O–H groups in total. The molecule has 0 heterocycles. The van der Waals surface area contributed by atoms with Crippen molar-refractivity contribution in [2.45, 2.75) is 12.5 Å². The maximum atomic E-state index is 12.4. The number of non-ortho nitro benzene ring substituents is 2. The maximum Gasteiger partial charge on any atom is 0.305 e. The normalized spacial score (nSPS) is 11.4. The van der Waals surface area contributed by atoms with Crippen LogP contribution in [0.2, 0.25) is 0 Å². The first-order chi connectivity index (χ1) is 12.3. The van der Waals surface area contributed by atoms with Gasteiger partial charge in [-0.25, -0.2) is 0 Å². The largest absolute Gasteiger partial charge is 0.481 e. The lowest BCUT2D eigenvalue weighted by atomic mass is 10.0. The van der Waals surface area contributed by atoms with E-state index < -0.39 is 45.6 Å². The van der Waals surface area contributed by atoms with Crippen molar-refractivity contribution in [2.75, 3.05) is 0 Å². The molecule has 0 aromatic heterocycles. The van der Waals surface area contributed by atoms with E-state index in [0.717, 1.165) is 18.2 Å². The molecule has 0 saturated carbocycles. The Labute approximate surface area is 146 Å². The first-order valence-corrected chi connectivity index (χ1v) is 7.29. The summed E-state index contributed by atoms with van der Waals surface area (Å²) in [6.45, 7) is 0. The lowest BCUT2D eigenvalue weighted by Gasteiger charge is -2.17. The molecular weight excluding hydrogens is 346 g/mol. The summed E-state index contributed by atoms with van der Waals surface area (Å²) in [5.41, 5.74) is -1.02. The van der Waals surface area contributed by atoms with Crippen LogP contribution in [-0.2, 0) is 4.79 Å². The number of carbonyl (C=O) groups is 2. The van der Waals surface area contributed by atoms with E-state index in [-0.39, 0.29) is 5.56 Å². The fraction of sp³-hybridized carbons (Fsp3) is 0.125. The first-order valence-electron chi connectivity index (χ1n) is 7.29. The Bertz CT molecular complexity index is 835. The van der Waals surface area contributed by atoms with Crippen LogP contribution in [0.3, 0.4) is 0 Å². The number of nitrogens with one attached hydrogen (secondary N) is 1. The fourth-order valence-corrected chi connectivity index (χ4v) is 2.29. The topological polar surface area (TPSA) is 153 Å². The number of carboxylic acid groups (broad SMARTS) is 1. The van der Waals surface area contributed by atoms with E-state index in [4.69, 9.17) is 5.11 Å². The Hall–Kier alpha value is -3.82. The van der Waals surface area contributed by atoms with Gasteiger partial charge in [-0.15, -0.1) is 0 Å². The molecule has 2 aromatic carbocycles. The number of nitrogens with zero attached hydrogens (tertiary/aromatic N) is 2. The molecule has 10 heteroatoms. The van der Waals surface area contributed by atoms with Crippen molar-refractivity contribution in [1.82, 2.24) is 5.32 Å². The fourth-order valence-electron chi connectivity index (χ4n) is 2.29. The minimum absolute atomic E-state index is 0.308. The number of aliphatic carboxylic acids is 1. The summed E-state index contributed by atoms with van der Waals surface area (Å²) in [6, 6.07) is 9.89. The standard InChI is InChI=1S/C16H13N3O7/c20-15(21)9-14(10-4-2-1-3-5-10)17-16(22)11-6-12(18(23)24)8-13(7-11)19(25)26/h1-8,14H,9H2,(H,17,22)(H,20,21). The van der Waals surface area contributed by atoms with E-state index in [0.29, 0.717) is 5.56 Å². The van der Waals surface area contributed by atoms with Gasteiger partial charge >= 0.3 is 5.97 Å². The number of nitro benzene ring substituents is 2. The van der Waals surface area contributed by atoms with Gasteiger partial charge in [0.15, 0.2) is 0 Å². The number of carbonyl (C=O) groups excluding carboxylic acids is 1. The Morgan fingerprint density at radius 1 is 1.00 bits per heavy atom. The van der Waals surface area contributed by atoms with Crippen LogP contribution in [0.4, 0.5) is 11.4 Å². The summed E-state index contributed by atoms with van der Waals surface area (Å²) in [4.78, 5) is 43.6. The van der Waals surface area contributed by atoms with Gasteiger partial charge in [-0.3, -0.25) is 29.8 Å². The van der Waals surface area contributed by atoms with Gasteiger partial charge in [-0.2, -0.15) is 0 Å². The third-order valence-corrected chi connectivity index (χ3v) is 3.47. The van der Waals surface area contributed by atoms with Gasteiger partial charge in [0, 0.05) is 12.1 Å². The van der Waals surface area contributed by atoms with Crippen molar-refractivity contribution in [3.8, 4) is 0 Å². The molecule has 26 heavy (non-hydrogen) atoms. The molecule has 0 bridgehead atoms. The number of benzene rings is 2. The molecule has 1 amide bonds. The van der Waals surface area contributed by atoms with Crippen LogP contribution in [0.25, 0.3) is 0 Å². The number of hydrogen-bond acceptors (Lipinski definition) is 6. The molecule has 0 saturated heterocycles. The molecule has 0 aliphatic heterocycles. The second kappa shape index (κ2) is 7.83. The first kappa shape index (κ1) is 18.5. The summed E-state index contributed by atoms with van der Waals surface area (Å²) in [6.07, 6.45) is -0.424. The molecule has 0 spiro atoms. The van der Waals surface area contributed by atoms with Gasteiger partial charge in [0.1, 0.15) is 0 Å². The highest BCUT2D eigenvalue weighted by Gasteiger charge is 2.23. The van der Waals surface area contributed by atoms with E-state index in [2.05, 4.69) is 5.32 Å². The average molecular weight is 359 g/mol. The predicted molar refractivity (Wildman–Crippen MR) is 88.7 cm³/mol. The lowest BCUT2D eigenvalue weighted by molar-refractivity contribution is -0.394. The molecule has 134 valence electrons. The van der Waals surface area contributed by atoms with Gasteiger partial charge in [-0.05, 0) is 5.56 Å². The van der Waals surface area contributed by atoms with Crippen LogP contribution < -0.4 is 5.32 Å². The summed E-state index contributed by atoms with van der Waals surface area (Å²) in [5.74, 6) is -2.02. The van der Waals surface area contributed by atoms with Crippen LogP contribution in [0, 0.1) is 20.2 Å². The Morgan fingerprint density at radius 2 is 1.54 bits per heavy atom. The van der Waals surface area contributed by atoms with Crippen LogP contribution in [0.5, 0.6) is 0 Å². The zero-order chi connectivity index (χ0) is 19.3. The molecule has 0 aliphatic rings. The summed E-state index contributed by atoms with van der Waals surface area (Å²) < 4.78 is 0. The molecule has 2 aromatic rings. The quantitative estimate of drug-likeness (QED) is 0.568. The smallest absolute Gasteiger partial charge is 0.305 e. The minimum atomic E-state index is -1.16. The summed E-state index contributed by atoms with van der Waals surface area (Å²) >= 11 is 0. The van der Waals surface area contributed by atoms with E-state index in [1.54, 1.807) is 30.3 Å². The van der Waals surface area contributed by atoms with Crippen molar-refractivity contribution in [3.05, 3.63) is 79.9 Å². The number of amides is 1. The van der Waals surface area contributed by atoms with Gasteiger partial charge in [0.2, 0.25) is 0 Å². The second-order valence-corrected chi connectivity index (χ2v) is 5.29. The van der Waals surface area contributed by atoms with Crippen molar-refractivity contribution in [2.24, 2.45) is 0 Å². The molecular formula is C16H13N3O7. The van der Waals surface area contributed by atoms with Gasteiger partial charge in [0.25, 0.3) is 17.3 Å². The second-order valence-electron chi connectivity index (χ2n) is 5.29. The third-order valence-electron chi connectivity index (χ3n) is 3.47. The number of nitro groups is 2. The molecule has 0 radical (unpaired) electrons. The summed E-state index contributed by atoms with van der Waals surface area (Å²) in [5, 5.41) is 33.3. The minimum Gasteiger partial charge on any atom is -0.481 e. The van der Waals surface area contributed by atoms with E-state index in [1.807, 2.05) is 0 Å². The van der Waals surface area contributed by atoms with E-state index >= 15 is 0 Å². The molecule has 10 nitrogen and oxygen atoms in total. The number of carboxylic acids is 1. The number of hydrogen-bond donors (Lipinski definition) is 2. The van der Waals surface area contributed by atoms with Crippen molar-refractivity contribution in [1.29, 1.82) is 0 Å². The van der Waals surface area contributed by atoms with Crippen LogP contribution >= 0.6 is 0 Å². The maximum absolute atomic E-state index is 12.4. The molecule has 1 atom stereocenters. The monoisotopic (exact) mass is 359 g/mol. The van der Waals surface area contributed by atoms with E-state index in [1.165, 1.54) is 0 Å². The average Bonchev–Trinajstić information content (AvgIpc) is 2.61. The zero-order valence-electron chi connectivity index (χ0n) is 13.2. The van der Waals surface area contributed by atoms with Gasteiger partial charge in [0.05, 0.1) is 33.9 Å². The van der Waals surface area contributed by atoms with Gasteiger partial charge in [-0.1, -0.05) is 30.3 Å². The highest BCUT2D eigenvalue weighted by molar-refractivity contribution is 5.96. The molecule has 1 unspecified atom stereocenters. The zero-order valence-corrected chi connectivity index (χ0v) is 13.2. The Balaban J connectivity index is 2.35. The van der Waals surface area contributed by atoms with Crippen molar-refractivity contribution < 1.29 is 24.5 Å². The van der Waals surface area contributed by atoms with Gasteiger partial charge < -0.3 is 10.4 Å². The van der Waals surface area contributed by atoms with Crippen molar-refractivity contribution in [3.63, 3.8) is 0 Å². The van der Waals surface area contributed by atoms with E-state index in [9.17, 15) is 29.8 Å². The number of rotatable bonds is 7. The molecule has 2 rings (SSSR count). The predicted octanol–water partition coefficient (Wildman–Crippen LogP) is 2.45. The SMILES string of the molecule is O=C(O)CC(NC(=O)c1cc([N+](=O)[O-])cc([N+](=O)[O-])c1)c1ccccc1. The Morgan fingerprint density at radius 3 is 2.00 bits per heavy atom. The highest BCUT2D eigenvalue weighted by Crippen LogP contribution is 2.24. The lowest BCUT2D eigenvalue weighted by Crippen LogP contribution is -2.30. The molecule has 0 aliphatic carbocycles. The molecule has 0 fully saturated rings. The van der Waals surface area contributed by atoms with Crippen LogP contribution in [0.15, 0.2) is 48.5 Å². The van der Waals surface area contributed by atoms with Crippen LogP contribution in [-0.4, -0.2) is 26.8 Å². The highest BCUT2D eigenvalue weighted by atomic mass is 16.6.